The Balaban J connectivity index is 2.39. The van der Waals surface area contributed by atoms with E-state index in [1.807, 2.05) is 32.0 Å². The lowest BCUT2D eigenvalue weighted by molar-refractivity contribution is -0.116. The highest BCUT2D eigenvalue weighted by Gasteiger charge is 2.03. The van der Waals surface area contributed by atoms with E-state index in [4.69, 9.17) is 5.11 Å². The van der Waals surface area contributed by atoms with Crippen LogP contribution in [-0.2, 0) is 11.4 Å². The Morgan fingerprint density at radius 1 is 1.41 bits per heavy atom. The average molecular weight is 236 g/mol. The Morgan fingerprint density at radius 2 is 2.18 bits per heavy atom. The van der Waals surface area contributed by atoms with Gasteiger partial charge in [-0.1, -0.05) is 26.0 Å². The largest absolute Gasteiger partial charge is 0.392 e. The first-order chi connectivity index (χ1) is 8.11. The number of benzene rings is 1. The summed E-state index contributed by atoms with van der Waals surface area (Å²) < 4.78 is 0. The van der Waals surface area contributed by atoms with Crippen LogP contribution in [0.3, 0.4) is 0 Å². The molecule has 0 spiro atoms. The predicted molar refractivity (Wildman–Crippen MR) is 68.8 cm³/mol. The molecule has 0 aliphatic heterocycles. The number of amides is 1. The molecule has 0 saturated heterocycles. The maximum Gasteiger partial charge on any atom is 0.225 e. The van der Waals surface area contributed by atoms with E-state index in [1.165, 1.54) is 0 Å². The van der Waals surface area contributed by atoms with Gasteiger partial charge in [-0.3, -0.25) is 4.79 Å². The molecule has 0 aromatic heterocycles. The average Bonchev–Trinajstić information content (AvgIpc) is 2.28. The first kappa shape index (κ1) is 13.7. The molecule has 0 aliphatic carbocycles. The van der Waals surface area contributed by atoms with Gasteiger partial charge in [0.1, 0.15) is 0 Å². The van der Waals surface area contributed by atoms with Crippen LogP contribution < -0.4 is 10.6 Å². The molecule has 0 bridgehead atoms. The van der Waals surface area contributed by atoms with Gasteiger partial charge >= 0.3 is 0 Å². The minimum atomic E-state index is -0.0201. The van der Waals surface area contributed by atoms with Crippen LogP contribution in [0.4, 0.5) is 5.69 Å². The van der Waals surface area contributed by atoms with Gasteiger partial charge in [0.25, 0.3) is 0 Å². The highest BCUT2D eigenvalue weighted by Crippen LogP contribution is 2.10. The number of anilines is 1. The topological polar surface area (TPSA) is 61.4 Å². The third-order valence-corrected chi connectivity index (χ3v) is 2.30. The van der Waals surface area contributed by atoms with Gasteiger partial charge < -0.3 is 15.7 Å². The predicted octanol–water partition coefficient (Wildman–Crippen LogP) is 1.51. The van der Waals surface area contributed by atoms with Crippen LogP contribution in [0.1, 0.15) is 25.8 Å². The second kappa shape index (κ2) is 7.04. The van der Waals surface area contributed by atoms with E-state index >= 15 is 0 Å². The summed E-state index contributed by atoms with van der Waals surface area (Å²) in [6, 6.07) is 7.60. The number of carbonyl (C=O) groups is 1. The zero-order valence-corrected chi connectivity index (χ0v) is 10.4. The third-order valence-electron chi connectivity index (χ3n) is 2.30. The van der Waals surface area contributed by atoms with Crippen molar-refractivity contribution in [3.8, 4) is 0 Å². The van der Waals surface area contributed by atoms with Crippen LogP contribution in [-0.4, -0.2) is 23.6 Å². The molecule has 0 fully saturated rings. The lowest BCUT2D eigenvalue weighted by atomic mass is 10.2. The van der Waals surface area contributed by atoms with Gasteiger partial charge in [0.2, 0.25) is 5.91 Å². The SMILES string of the molecule is CC(C)NCCC(=O)Nc1cccc(CO)c1. The van der Waals surface area contributed by atoms with E-state index in [0.29, 0.717) is 19.0 Å². The fraction of sp³-hybridized carbons (Fsp3) is 0.462. The minimum absolute atomic E-state index is 0.0153. The van der Waals surface area contributed by atoms with Crippen LogP contribution in [0.15, 0.2) is 24.3 Å². The Morgan fingerprint density at radius 3 is 2.82 bits per heavy atom. The van der Waals surface area contributed by atoms with E-state index in [9.17, 15) is 4.79 Å². The van der Waals surface area contributed by atoms with Gasteiger partial charge in [0, 0.05) is 24.7 Å². The maximum atomic E-state index is 11.6. The fourth-order valence-electron chi connectivity index (χ4n) is 1.45. The standard InChI is InChI=1S/C13H20N2O2/c1-10(2)14-7-6-13(17)15-12-5-3-4-11(8-12)9-16/h3-5,8,10,14,16H,6-7,9H2,1-2H3,(H,15,17). The zero-order valence-electron chi connectivity index (χ0n) is 10.4. The summed E-state index contributed by atoms with van der Waals surface area (Å²) in [6.45, 7) is 4.74. The molecule has 4 nitrogen and oxygen atoms in total. The highest BCUT2D eigenvalue weighted by molar-refractivity contribution is 5.90. The number of carbonyl (C=O) groups excluding carboxylic acids is 1. The van der Waals surface area contributed by atoms with E-state index in [1.54, 1.807) is 6.07 Å². The normalized spacial score (nSPS) is 10.6. The van der Waals surface area contributed by atoms with Gasteiger partial charge in [-0.25, -0.2) is 0 Å². The van der Waals surface area contributed by atoms with Crippen molar-refractivity contribution in [3.05, 3.63) is 29.8 Å². The molecule has 94 valence electrons. The molecule has 0 aliphatic rings. The lowest BCUT2D eigenvalue weighted by Gasteiger charge is -2.09. The quantitative estimate of drug-likeness (QED) is 0.701. The molecule has 0 atom stereocenters. The third kappa shape index (κ3) is 5.47. The molecule has 3 N–H and O–H groups in total. The number of hydrogen-bond donors (Lipinski definition) is 3. The van der Waals surface area contributed by atoms with Crippen molar-refractivity contribution in [2.45, 2.75) is 32.9 Å². The second-order valence-corrected chi connectivity index (χ2v) is 4.27. The highest BCUT2D eigenvalue weighted by atomic mass is 16.3. The minimum Gasteiger partial charge on any atom is -0.392 e. The molecule has 1 aromatic rings. The second-order valence-electron chi connectivity index (χ2n) is 4.27. The van der Waals surface area contributed by atoms with Crippen LogP contribution in [0, 0.1) is 0 Å². The van der Waals surface area contributed by atoms with Crippen molar-refractivity contribution < 1.29 is 9.90 Å². The smallest absolute Gasteiger partial charge is 0.225 e. The van der Waals surface area contributed by atoms with E-state index in [2.05, 4.69) is 10.6 Å². The van der Waals surface area contributed by atoms with Gasteiger partial charge in [-0.15, -0.1) is 0 Å². The zero-order chi connectivity index (χ0) is 12.7. The fourth-order valence-corrected chi connectivity index (χ4v) is 1.45. The van der Waals surface area contributed by atoms with Gasteiger partial charge in [0.05, 0.1) is 6.61 Å². The molecular weight excluding hydrogens is 216 g/mol. The number of hydrogen-bond acceptors (Lipinski definition) is 3. The number of rotatable bonds is 6. The summed E-state index contributed by atoms with van der Waals surface area (Å²) in [4.78, 5) is 11.6. The molecule has 17 heavy (non-hydrogen) atoms. The molecule has 0 unspecified atom stereocenters. The lowest BCUT2D eigenvalue weighted by Crippen LogP contribution is -2.27. The van der Waals surface area contributed by atoms with Gasteiger partial charge in [-0.2, -0.15) is 0 Å². The van der Waals surface area contributed by atoms with Crippen LogP contribution in [0.5, 0.6) is 0 Å². The van der Waals surface area contributed by atoms with Crippen molar-refractivity contribution in [3.63, 3.8) is 0 Å². The summed E-state index contributed by atoms with van der Waals surface area (Å²) in [6.07, 6.45) is 0.446. The van der Waals surface area contributed by atoms with Crippen molar-refractivity contribution in [2.24, 2.45) is 0 Å². The Kier molecular flexibility index (Phi) is 5.66. The molecule has 0 radical (unpaired) electrons. The summed E-state index contributed by atoms with van der Waals surface area (Å²) in [5.41, 5.74) is 1.52. The monoisotopic (exact) mass is 236 g/mol. The summed E-state index contributed by atoms with van der Waals surface area (Å²) in [7, 11) is 0. The summed E-state index contributed by atoms with van der Waals surface area (Å²) in [5, 5.41) is 15.0. The maximum absolute atomic E-state index is 11.6. The van der Waals surface area contributed by atoms with Crippen molar-refractivity contribution in [2.75, 3.05) is 11.9 Å². The number of nitrogens with one attached hydrogen (secondary N) is 2. The summed E-state index contributed by atoms with van der Waals surface area (Å²) in [5.74, 6) is -0.0201. The van der Waals surface area contributed by atoms with Gasteiger partial charge in [-0.05, 0) is 17.7 Å². The molecule has 4 heteroatoms. The van der Waals surface area contributed by atoms with Crippen LogP contribution in [0.2, 0.25) is 0 Å². The van der Waals surface area contributed by atoms with Crippen molar-refractivity contribution >= 4 is 11.6 Å². The molecule has 0 heterocycles. The summed E-state index contributed by atoms with van der Waals surface area (Å²) >= 11 is 0. The van der Waals surface area contributed by atoms with Crippen LogP contribution >= 0.6 is 0 Å². The first-order valence-electron chi connectivity index (χ1n) is 5.85. The molecule has 0 saturated carbocycles. The van der Waals surface area contributed by atoms with Gasteiger partial charge in [0.15, 0.2) is 0 Å². The first-order valence-corrected chi connectivity index (χ1v) is 5.85. The van der Waals surface area contributed by atoms with Crippen molar-refractivity contribution in [1.29, 1.82) is 0 Å². The van der Waals surface area contributed by atoms with E-state index in [-0.39, 0.29) is 12.5 Å². The molecule has 1 amide bonds. The van der Waals surface area contributed by atoms with E-state index in [0.717, 1.165) is 11.3 Å². The molecule has 1 rings (SSSR count). The molecule has 1 aromatic carbocycles. The number of aliphatic hydroxyl groups excluding tert-OH is 1. The van der Waals surface area contributed by atoms with Crippen LogP contribution in [0.25, 0.3) is 0 Å². The Labute approximate surface area is 102 Å². The van der Waals surface area contributed by atoms with Crippen molar-refractivity contribution in [1.82, 2.24) is 5.32 Å². The molecular formula is C13H20N2O2. The van der Waals surface area contributed by atoms with E-state index < -0.39 is 0 Å². The Bertz CT molecular complexity index is 364. The Hall–Kier alpha value is -1.39. The number of aliphatic hydroxyl groups is 1.